The van der Waals surface area contributed by atoms with Crippen LogP contribution in [0.5, 0.6) is 0 Å². The van der Waals surface area contributed by atoms with Crippen LogP contribution >= 0.6 is 0 Å². The second kappa shape index (κ2) is 5.30. The zero-order valence-corrected chi connectivity index (χ0v) is 9.71. The molecule has 0 aliphatic carbocycles. The molecular weight excluding hydrogens is 176 g/mol. The summed E-state index contributed by atoms with van der Waals surface area (Å²) in [6, 6.07) is 0. The fourth-order valence-electron chi connectivity index (χ4n) is 1.55. The largest absolute Gasteiger partial charge is 0.385 e. The topological polar surface area (TPSA) is 37.3 Å². The fraction of sp³-hybridized carbons (Fsp3) is 0.750. The maximum Gasteiger partial charge on any atom is 0.136 e. The van der Waals surface area contributed by atoms with Crippen LogP contribution in [0.1, 0.15) is 40.5 Å². The lowest BCUT2D eigenvalue weighted by Crippen LogP contribution is -2.36. The van der Waals surface area contributed by atoms with E-state index in [0.29, 0.717) is 5.92 Å². The van der Waals surface area contributed by atoms with Gasteiger partial charge >= 0.3 is 0 Å². The third-order valence-electron chi connectivity index (χ3n) is 2.64. The van der Waals surface area contributed by atoms with E-state index in [1.54, 1.807) is 6.92 Å². The van der Waals surface area contributed by atoms with Crippen LogP contribution < -0.4 is 0 Å². The summed E-state index contributed by atoms with van der Waals surface area (Å²) in [7, 11) is 0. The van der Waals surface area contributed by atoms with Crippen molar-refractivity contribution in [2.75, 3.05) is 0 Å². The number of ketones is 1. The molecule has 0 aromatic heterocycles. The van der Waals surface area contributed by atoms with Crippen LogP contribution in [0.3, 0.4) is 0 Å². The highest BCUT2D eigenvalue weighted by atomic mass is 16.3. The Morgan fingerprint density at radius 3 is 2.29 bits per heavy atom. The summed E-state index contributed by atoms with van der Waals surface area (Å²) < 4.78 is 0. The molecule has 0 saturated carbocycles. The molecule has 0 spiro atoms. The molecule has 82 valence electrons. The molecule has 0 heterocycles. The first-order chi connectivity index (χ1) is 6.31. The third-order valence-corrected chi connectivity index (χ3v) is 2.64. The molecule has 2 heteroatoms. The molecule has 0 bridgehead atoms. The predicted octanol–water partition coefficient (Wildman–Crippen LogP) is 2.56. The first-order valence-corrected chi connectivity index (χ1v) is 5.17. The molecule has 2 nitrogen and oxygen atoms in total. The molecule has 0 aromatic rings. The molecule has 1 N–H and O–H groups in total. The van der Waals surface area contributed by atoms with Crippen LogP contribution in [0.25, 0.3) is 0 Å². The summed E-state index contributed by atoms with van der Waals surface area (Å²) in [4.78, 5) is 11.4. The van der Waals surface area contributed by atoms with Gasteiger partial charge in [-0.15, -0.1) is 6.58 Å². The number of rotatable bonds is 6. The third kappa shape index (κ3) is 4.05. The Balaban J connectivity index is 4.45. The molecule has 0 rings (SSSR count). The summed E-state index contributed by atoms with van der Waals surface area (Å²) in [6.45, 7) is 11.0. The molecule has 14 heavy (non-hydrogen) atoms. The molecule has 0 amide bonds. The van der Waals surface area contributed by atoms with E-state index in [2.05, 4.69) is 20.4 Å². The van der Waals surface area contributed by atoms with Crippen molar-refractivity contribution in [1.29, 1.82) is 0 Å². The molecule has 0 saturated heterocycles. The number of hydrogen-bond acceptors (Lipinski definition) is 2. The van der Waals surface area contributed by atoms with Crippen LogP contribution in [-0.2, 0) is 4.79 Å². The van der Waals surface area contributed by atoms with Gasteiger partial charge in [0.2, 0.25) is 0 Å². The van der Waals surface area contributed by atoms with Crippen molar-refractivity contribution in [2.45, 2.75) is 46.1 Å². The Hall–Kier alpha value is -0.630. The predicted molar refractivity (Wildman–Crippen MR) is 59.1 cm³/mol. The van der Waals surface area contributed by atoms with Crippen LogP contribution in [0.15, 0.2) is 12.7 Å². The first-order valence-electron chi connectivity index (χ1n) is 5.17. The Morgan fingerprint density at radius 2 is 2.00 bits per heavy atom. The maximum atomic E-state index is 11.4. The average Bonchev–Trinajstić information content (AvgIpc) is 2.03. The highest BCUT2D eigenvalue weighted by molar-refractivity contribution is 5.79. The minimum absolute atomic E-state index is 0.0375. The monoisotopic (exact) mass is 198 g/mol. The van der Waals surface area contributed by atoms with Crippen LogP contribution in [0, 0.1) is 11.8 Å². The zero-order valence-electron chi connectivity index (χ0n) is 9.71. The molecule has 0 aromatic carbocycles. The number of Topliss-reactive ketones (excluding diaryl/α,β-unsaturated/α-hetero) is 1. The Morgan fingerprint density at radius 1 is 1.50 bits per heavy atom. The van der Waals surface area contributed by atoms with Gasteiger partial charge in [-0.05, 0) is 26.2 Å². The van der Waals surface area contributed by atoms with Gasteiger partial charge in [0.1, 0.15) is 5.78 Å². The van der Waals surface area contributed by atoms with Crippen LogP contribution in [0.2, 0.25) is 0 Å². The number of carbonyl (C=O) groups is 1. The maximum absolute atomic E-state index is 11.4. The van der Waals surface area contributed by atoms with Crippen molar-refractivity contribution in [3.05, 3.63) is 12.7 Å². The van der Waals surface area contributed by atoms with Gasteiger partial charge in [-0.2, -0.15) is 0 Å². The van der Waals surface area contributed by atoms with E-state index in [-0.39, 0.29) is 11.7 Å². The molecule has 2 unspecified atom stereocenters. The zero-order chi connectivity index (χ0) is 11.4. The minimum atomic E-state index is -1.07. The molecule has 0 aliphatic heterocycles. The molecule has 0 radical (unpaired) electrons. The summed E-state index contributed by atoms with van der Waals surface area (Å²) in [5.74, 6) is 0.274. The Bertz CT molecular complexity index is 204. The fourth-order valence-corrected chi connectivity index (χ4v) is 1.55. The smallest absolute Gasteiger partial charge is 0.136 e. The van der Waals surface area contributed by atoms with Gasteiger partial charge in [-0.3, -0.25) is 4.79 Å². The van der Waals surface area contributed by atoms with Gasteiger partial charge < -0.3 is 5.11 Å². The lowest BCUT2D eigenvalue weighted by Gasteiger charge is -2.28. The van der Waals surface area contributed by atoms with Crippen LogP contribution in [0.4, 0.5) is 0 Å². The van der Waals surface area contributed by atoms with E-state index in [4.69, 9.17) is 0 Å². The van der Waals surface area contributed by atoms with E-state index >= 15 is 0 Å². The van der Waals surface area contributed by atoms with Crippen LogP contribution in [-0.4, -0.2) is 16.5 Å². The summed E-state index contributed by atoms with van der Waals surface area (Å²) in [5.41, 5.74) is -1.07. The second-order valence-electron chi connectivity index (χ2n) is 4.56. The Kier molecular flexibility index (Phi) is 5.06. The molecule has 0 aliphatic rings. The van der Waals surface area contributed by atoms with Gasteiger partial charge in [0.25, 0.3) is 0 Å². The van der Waals surface area contributed by atoms with Crippen molar-refractivity contribution in [3.8, 4) is 0 Å². The summed E-state index contributed by atoms with van der Waals surface area (Å²) in [6.07, 6.45) is 3.14. The van der Waals surface area contributed by atoms with E-state index in [1.807, 2.05) is 0 Å². The van der Waals surface area contributed by atoms with Gasteiger partial charge in [0.05, 0.1) is 5.60 Å². The van der Waals surface area contributed by atoms with E-state index < -0.39 is 5.60 Å². The van der Waals surface area contributed by atoms with Crippen molar-refractivity contribution < 1.29 is 9.90 Å². The standard InChI is InChI=1S/C12H22O2/c1-6-12(5,14)11(10(4)13)8-7-9(2)3/h6,9,11,14H,1,7-8H2,2-5H3. The van der Waals surface area contributed by atoms with Crippen molar-refractivity contribution in [3.63, 3.8) is 0 Å². The highest BCUT2D eigenvalue weighted by Crippen LogP contribution is 2.25. The van der Waals surface area contributed by atoms with Crippen molar-refractivity contribution in [1.82, 2.24) is 0 Å². The summed E-state index contributed by atoms with van der Waals surface area (Å²) >= 11 is 0. The normalized spacial score (nSPS) is 17.6. The Labute approximate surface area is 87.0 Å². The van der Waals surface area contributed by atoms with Crippen molar-refractivity contribution >= 4 is 5.78 Å². The van der Waals surface area contributed by atoms with Gasteiger partial charge in [0.15, 0.2) is 0 Å². The van der Waals surface area contributed by atoms with E-state index in [1.165, 1.54) is 13.0 Å². The lowest BCUT2D eigenvalue weighted by atomic mass is 9.81. The van der Waals surface area contributed by atoms with E-state index in [0.717, 1.165) is 12.8 Å². The highest BCUT2D eigenvalue weighted by Gasteiger charge is 2.31. The van der Waals surface area contributed by atoms with Gasteiger partial charge in [-0.25, -0.2) is 0 Å². The number of aliphatic hydroxyl groups is 1. The molecular formula is C12H22O2. The summed E-state index contributed by atoms with van der Waals surface area (Å²) in [5, 5.41) is 9.93. The SMILES string of the molecule is C=CC(C)(O)C(CCC(C)C)C(C)=O. The lowest BCUT2D eigenvalue weighted by molar-refractivity contribution is -0.127. The number of carbonyl (C=O) groups excluding carboxylic acids is 1. The molecule has 0 fully saturated rings. The van der Waals surface area contributed by atoms with Gasteiger partial charge in [-0.1, -0.05) is 26.3 Å². The minimum Gasteiger partial charge on any atom is -0.385 e. The van der Waals surface area contributed by atoms with E-state index in [9.17, 15) is 9.90 Å². The second-order valence-corrected chi connectivity index (χ2v) is 4.56. The first kappa shape index (κ1) is 13.4. The molecule has 2 atom stereocenters. The quantitative estimate of drug-likeness (QED) is 0.666. The van der Waals surface area contributed by atoms with Crippen molar-refractivity contribution in [2.24, 2.45) is 11.8 Å². The number of hydrogen-bond donors (Lipinski definition) is 1. The average molecular weight is 198 g/mol. The van der Waals surface area contributed by atoms with Gasteiger partial charge in [0, 0.05) is 5.92 Å².